The highest BCUT2D eigenvalue weighted by Gasteiger charge is 2.41. The van der Waals surface area contributed by atoms with Gasteiger partial charge in [0.05, 0.1) is 12.0 Å². The second-order valence-corrected chi connectivity index (χ2v) is 5.80. The number of hydrogen-bond acceptors (Lipinski definition) is 4. The fourth-order valence-electron chi connectivity index (χ4n) is 3.17. The number of rotatable bonds is 5. The molecule has 1 unspecified atom stereocenters. The molecular weight excluding hydrogens is 272 g/mol. The summed E-state index contributed by atoms with van der Waals surface area (Å²) in [5, 5.41) is 13.2. The maximum Gasteiger partial charge on any atom is 0.305 e. The average molecular weight is 294 g/mol. The van der Waals surface area contributed by atoms with Crippen molar-refractivity contribution in [3.63, 3.8) is 0 Å². The predicted octanol–water partition coefficient (Wildman–Crippen LogP) is 1.48. The molecular formula is C14H22N4O3. The Bertz CT molecular complexity index is 494. The molecule has 1 saturated carbocycles. The highest BCUT2D eigenvalue weighted by Crippen LogP contribution is 2.36. The van der Waals surface area contributed by atoms with Crippen molar-refractivity contribution in [2.75, 3.05) is 7.05 Å². The third kappa shape index (κ3) is 3.22. The highest BCUT2D eigenvalue weighted by molar-refractivity contribution is 5.81. The van der Waals surface area contributed by atoms with E-state index in [0.717, 1.165) is 32.1 Å². The minimum atomic E-state index is -0.857. The molecule has 1 N–H and O–H groups in total. The summed E-state index contributed by atoms with van der Waals surface area (Å²) in [6.45, 7) is 1.75. The van der Waals surface area contributed by atoms with E-state index in [1.807, 2.05) is 0 Å². The van der Waals surface area contributed by atoms with Gasteiger partial charge >= 0.3 is 5.97 Å². The smallest absolute Gasteiger partial charge is 0.305 e. The van der Waals surface area contributed by atoms with Gasteiger partial charge in [-0.15, -0.1) is 0 Å². The van der Waals surface area contributed by atoms with Crippen LogP contribution in [-0.4, -0.2) is 49.2 Å². The molecule has 1 atom stereocenters. The van der Waals surface area contributed by atoms with Gasteiger partial charge in [0.2, 0.25) is 5.91 Å². The molecule has 1 aliphatic carbocycles. The first-order chi connectivity index (χ1) is 9.96. The molecule has 21 heavy (non-hydrogen) atoms. The van der Waals surface area contributed by atoms with Crippen LogP contribution < -0.4 is 0 Å². The molecule has 0 bridgehead atoms. The van der Waals surface area contributed by atoms with Gasteiger partial charge in [-0.1, -0.05) is 19.3 Å². The Balaban J connectivity index is 2.19. The molecule has 7 heteroatoms. The van der Waals surface area contributed by atoms with Crippen LogP contribution >= 0.6 is 0 Å². The molecule has 7 nitrogen and oxygen atoms in total. The molecule has 0 spiro atoms. The normalized spacial score (nSPS) is 19.0. The zero-order chi connectivity index (χ0) is 15.5. The SMILES string of the molecule is CC(C(=O)N(C)C1(CC(=O)O)CCCCC1)n1cncn1. The number of amides is 1. The van der Waals surface area contributed by atoms with Crippen LogP contribution in [0, 0.1) is 0 Å². The molecule has 0 aliphatic heterocycles. The lowest BCUT2D eigenvalue weighted by atomic mass is 9.78. The topological polar surface area (TPSA) is 88.3 Å². The maximum absolute atomic E-state index is 12.7. The van der Waals surface area contributed by atoms with Gasteiger partial charge in [0.25, 0.3) is 0 Å². The largest absolute Gasteiger partial charge is 0.481 e. The Kier molecular flexibility index (Phi) is 4.59. The number of carbonyl (C=O) groups is 2. The summed E-state index contributed by atoms with van der Waals surface area (Å²) >= 11 is 0. The van der Waals surface area contributed by atoms with Crippen molar-refractivity contribution in [3.05, 3.63) is 12.7 Å². The van der Waals surface area contributed by atoms with Crippen LogP contribution in [0.5, 0.6) is 0 Å². The molecule has 1 fully saturated rings. The third-order valence-electron chi connectivity index (χ3n) is 4.50. The van der Waals surface area contributed by atoms with Crippen molar-refractivity contribution in [2.24, 2.45) is 0 Å². The lowest BCUT2D eigenvalue weighted by molar-refractivity contribution is -0.147. The van der Waals surface area contributed by atoms with Crippen molar-refractivity contribution in [1.29, 1.82) is 0 Å². The van der Waals surface area contributed by atoms with Crippen LogP contribution in [0.4, 0.5) is 0 Å². The molecule has 1 aromatic rings. The molecule has 1 heterocycles. The zero-order valence-electron chi connectivity index (χ0n) is 12.5. The van der Waals surface area contributed by atoms with Crippen molar-refractivity contribution in [2.45, 2.75) is 57.0 Å². The second-order valence-electron chi connectivity index (χ2n) is 5.80. The summed E-state index contributed by atoms with van der Waals surface area (Å²) in [6, 6.07) is -0.481. The van der Waals surface area contributed by atoms with E-state index in [0.29, 0.717) is 0 Å². The molecule has 0 aromatic carbocycles. The van der Waals surface area contributed by atoms with Gasteiger partial charge < -0.3 is 10.0 Å². The van der Waals surface area contributed by atoms with Gasteiger partial charge in [0.1, 0.15) is 18.7 Å². The third-order valence-corrected chi connectivity index (χ3v) is 4.50. The fourth-order valence-corrected chi connectivity index (χ4v) is 3.17. The average Bonchev–Trinajstić information content (AvgIpc) is 2.99. The summed E-state index contributed by atoms with van der Waals surface area (Å²) in [4.78, 5) is 29.4. The number of hydrogen-bond donors (Lipinski definition) is 1. The van der Waals surface area contributed by atoms with Gasteiger partial charge in [-0.05, 0) is 19.8 Å². The van der Waals surface area contributed by atoms with Gasteiger partial charge in [0, 0.05) is 7.05 Å². The monoisotopic (exact) mass is 294 g/mol. The number of likely N-dealkylation sites (N-methyl/N-ethyl adjacent to an activating group) is 1. The summed E-state index contributed by atoms with van der Waals surface area (Å²) in [5.41, 5.74) is -0.573. The lowest BCUT2D eigenvalue weighted by Crippen LogP contribution is -2.53. The lowest BCUT2D eigenvalue weighted by Gasteiger charge is -2.44. The Morgan fingerprint density at radius 3 is 2.57 bits per heavy atom. The molecule has 0 radical (unpaired) electrons. The number of aromatic nitrogens is 3. The molecule has 0 saturated heterocycles. The van der Waals surface area contributed by atoms with Crippen LogP contribution in [0.2, 0.25) is 0 Å². The molecule has 116 valence electrons. The van der Waals surface area contributed by atoms with Gasteiger partial charge in [-0.25, -0.2) is 9.67 Å². The van der Waals surface area contributed by atoms with Gasteiger partial charge in [-0.3, -0.25) is 9.59 Å². The number of aliphatic carboxylic acids is 1. The van der Waals surface area contributed by atoms with Crippen molar-refractivity contribution in [3.8, 4) is 0 Å². The second kappa shape index (κ2) is 6.24. The van der Waals surface area contributed by atoms with E-state index in [2.05, 4.69) is 10.1 Å². The summed E-state index contributed by atoms with van der Waals surface area (Å²) in [6.07, 6.45) is 7.39. The quantitative estimate of drug-likeness (QED) is 0.888. The van der Waals surface area contributed by atoms with Crippen LogP contribution in [0.1, 0.15) is 51.5 Å². The van der Waals surface area contributed by atoms with Crippen molar-refractivity contribution in [1.82, 2.24) is 19.7 Å². The predicted molar refractivity (Wildman–Crippen MR) is 75.6 cm³/mol. The summed E-state index contributed by atoms with van der Waals surface area (Å²) in [5.74, 6) is -0.978. The number of nitrogens with zero attached hydrogens (tertiary/aromatic N) is 4. The van der Waals surface area contributed by atoms with E-state index in [1.54, 1.807) is 18.9 Å². The van der Waals surface area contributed by atoms with Gasteiger partial charge in [-0.2, -0.15) is 5.10 Å². The van der Waals surface area contributed by atoms with E-state index < -0.39 is 17.6 Å². The van der Waals surface area contributed by atoms with E-state index in [4.69, 9.17) is 0 Å². The minimum absolute atomic E-state index is 0.000677. The van der Waals surface area contributed by atoms with Crippen LogP contribution in [0.15, 0.2) is 12.7 Å². The van der Waals surface area contributed by atoms with E-state index >= 15 is 0 Å². The Hall–Kier alpha value is -1.92. The molecule has 2 rings (SSSR count). The Morgan fingerprint density at radius 1 is 1.38 bits per heavy atom. The number of carboxylic acids is 1. The first-order valence-electron chi connectivity index (χ1n) is 7.30. The van der Waals surface area contributed by atoms with Crippen LogP contribution in [-0.2, 0) is 9.59 Å². The molecule has 1 aromatic heterocycles. The van der Waals surface area contributed by atoms with Gasteiger partial charge in [0.15, 0.2) is 0 Å². The first kappa shape index (κ1) is 15.5. The zero-order valence-corrected chi connectivity index (χ0v) is 12.5. The van der Waals surface area contributed by atoms with Crippen molar-refractivity contribution >= 4 is 11.9 Å². The summed E-state index contributed by atoms with van der Waals surface area (Å²) < 4.78 is 1.50. The summed E-state index contributed by atoms with van der Waals surface area (Å²) in [7, 11) is 1.71. The van der Waals surface area contributed by atoms with Crippen LogP contribution in [0.25, 0.3) is 0 Å². The maximum atomic E-state index is 12.7. The Labute approximate surface area is 124 Å². The van der Waals surface area contributed by atoms with E-state index in [-0.39, 0.29) is 12.3 Å². The molecule has 1 aliphatic rings. The van der Waals surface area contributed by atoms with E-state index in [1.165, 1.54) is 17.3 Å². The fraction of sp³-hybridized carbons (Fsp3) is 0.714. The van der Waals surface area contributed by atoms with E-state index in [9.17, 15) is 14.7 Å². The number of carbonyl (C=O) groups excluding carboxylic acids is 1. The Morgan fingerprint density at radius 2 is 2.05 bits per heavy atom. The minimum Gasteiger partial charge on any atom is -0.481 e. The molecule has 1 amide bonds. The highest BCUT2D eigenvalue weighted by atomic mass is 16.4. The standard InChI is InChI=1S/C14H22N4O3/c1-11(18-10-15-9-16-18)13(21)17(2)14(8-12(19)20)6-4-3-5-7-14/h9-11H,3-8H2,1-2H3,(H,19,20). The van der Waals surface area contributed by atoms with Crippen LogP contribution in [0.3, 0.4) is 0 Å². The van der Waals surface area contributed by atoms with Crippen molar-refractivity contribution < 1.29 is 14.7 Å². The number of carboxylic acid groups (broad SMARTS) is 1. The first-order valence-corrected chi connectivity index (χ1v) is 7.30.